The van der Waals surface area contributed by atoms with Crippen LogP contribution in [0.15, 0.2) is 0 Å². The second-order valence-corrected chi connectivity index (χ2v) is 6.48. The first-order valence-corrected chi connectivity index (χ1v) is 7.62. The zero-order valence-electron chi connectivity index (χ0n) is 10.5. The molecule has 98 valence electrons. The molecule has 0 aromatic carbocycles. The summed E-state index contributed by atoms with van der Waals surface area (Å²) in [6, 6.07) is 0. The van der Waals surface area contributed by atoms with Crippen molar-refractivity contribution in [3.05, 3.63) is 0 Å². The van der Waals surface area contributed by atoms with Gasteiger partial charge >= 0.3 is 0 Å². The maximum absolute atomic E-state index is 6.46. The number of hydrogen-bond acceptors (Lipinski definition) is 2. The van der Waals surface area contributed by atoms with E-state index >= 15 is 0 Å². The zero-order chi connectivity index (χ0) is 11.7. The molecule has 1 heterocycles. The van der Waals surface area contributed by atoms with Gasteiger partial charge in [0.05, 0.1) is 18.8 Å². The topological polar surface area (TPSA) is 18.5 Å². The van der Waals surface area contributed by atoms with Crippen molar-refractivity contribution in [3.63, 3.8) is 0 Å². The van der Waals surface area contributed by atoms with Crippen LogP contribution in [0.25, 0.3) is 0 Å². The summed E-state index contributed by atoms with van der Waals surface area (Å²) < 4.78 is 11.7. The Balaban J connectivity index is 1.52. The highest BCUT2D eigenvalue weighted by Crippen LogP contribution is 2.55. The third-order valence-electron chi connectivity index (χ3n) is 4.98. The van der Waals surface area contributed by atoms with Gasteiger partial charge in [0.2, 0.25) is 0 Å². The van der Waals surface area contributed by atoms with Gasteiger partial charge < -0.3 is 9.47 Å². The van der Waals surface area contributed by atoms with E-state index in [0.29, 0.717) is 23.0 Å². The summed E-state index contributed by atoms with van der Waals surface area (Å²) in [7, 11) is 0. The summed E-state index contributed by atoms with van der Waals surface area (Å²) in [5.41, 5.74) is 0.318. The summed E-state index contributed by atoms with van der Waals surface area (Å²) in [6.07, 6.45) is 10.8. The first-order chi connectivity index (χ1) is 8.31. The third kappa shape index (κ3) is 2.24. The Morgan fingerprint density at radius 2 is 2.00 bits per heavy atom. The first kappa shape index (κ1) is 12.3. The van der Waals surface area contributed by atoms with Crippen molar-refractivity contribution in [2.24, 2.45) is 5.41 Å². The van der Waals surface area contributed by atoms with E-state index in [1.54, 1.807) is 0 Å². The average molecular weight is 259 g/mol. The largest absolute Gasteiger partial charge is 0.376 e. The molecule has 2 nitrogen and oxygen atoms in total. The predicted octanol–water partition coefficient (Wildman–Crippen LogP) is 3.51. The lowest BCUT2D eigenvalue weighted by Crippen LogP contribution is -2.57. The molecule has 3 aliphatic rings. The van der Waals surface area contributed by atoms with Gasteiger partial charge in [0, 0.05) is 17.4 Å². The molecule has 2 aliphatic carbocycles. The van der Waals surface area contributed by atoms with Crippen LogP contribution in [-0.2, 0) is 9.47 Å². The molecule has 3 rings (SSSR count). The van der Waals surface area contributed by atoms with Crippen molar-refractivity contribution in [3.8, 4) is 0 Å². The highest BCUT2D eigenvalue weighted by Gasteiger charge is 2.55. The molecule has 0 amide bonds. The minimum absolute atomic E-state index is 0.318. The third-order valence-corrected chi connectivity index (χ3v) is 5.59. The van der Waals surface area contributed by atoms with Gasteiger partial charge in [-0.3, -0.25) is 0 Å². The SMILES string of the molecule is ClC1CC(OCC2CCCO2)C12CCCCC2. The van der Waals surface area contributed by atoms with Gasteiger partial charge in [-0.05, 0) is 32.1 Å². The minimum atomic E-state index is 0.318. The Hall–Kier alpha value is 0.210. The van der Waals surface area contributed by atoms with Crippen molar-refractivity contribution in [2.75, 3.05) is 13.2 Å². The molecule has 1 saturated heterocycles. The van der Waals surface area contributed by atoms with Crippen molar-refractivity contribution in [1.82, 2.24) is 0 Å². The van der Waals surface area contributed by atoms with E-state index in [-0.39, 0.29) is 0 Å². The maximum Gasteiger partial charge on any atom is 0.0809 e. The van der Waals surface area contributed by atoms with E-state index in [4.69, 9.17) is 21.1 Å². The Morgan fingerprint density at radius 1 is 1.18 bits per heavy atom. The van der Waals surface area contributed by atoms with E-state index in [0.717, 1.165) is 19.6 Å². The van der Waals surface area contributed by atoms with Crippen LogP contribution in [0.1, 0.15) is 51.4 Å². The Bertz CT molecular complexity index is 257. The molecule has 1 aliphatic heterocycles. The van der Waals surface area contributed by atoms with Gasteiger partial charge in [0.1, 0.15) is 0 Å². The highest BCUT2D eigenvalue weighted by atomic mass is 35.5. The summed E-state index contributed by atoms with van der Waals surface area (Å²) >= 11 is 6.46. The minimum Gasteiger partial charge on any atom is -0.376 e. The van der Waals surface area contributed by atoms with Gasteiger partial charge in [-0.15, -0.1) is 11.6 Å². The van der Waals surface area contributed by atoms with Gasteiger partial charge in [-0.2, -0.15) is 0 Å². The summed E-state index contributed by atoms with van der Waals surface area (Å²) in [5, 5.41) is 0.359. The Labute approximate surface area is 109 Å². The standard InChI is InChI=1S/C14H23ClO2/c15-12-9-13(14(12)6-2-1-3-7-14)17-10-11-5-4-8-16-11/h11-13H,1-10H2. The van der Waals surface area contributed by atoms with E-state index in [9.17, 15) is 0 Å². The highest BCUT2D eigenvalue weighted by molar-refractivity contribution is 6.21. The van der Waals surface area contributed by atoms with Crippen molar-refractivity contribution in [1.29, 1.82) is 0 Å². The van der Waals surface area contributed by atoms with Gasteiger partial charge in [-0.1, -0.05) is 19.3 Å². The Morgan fingerprint density at radius 3 is 2.65 bits per heavy atom. The molecule has 0 bridgehead atoms. The molecule has 17 heavy (non-hydrogen) atoms. The molecular formula is C14H23ClO2. The normalized spacial score (nSPS) is 40.4. The molecule has 0 radical (unpaired) electrons. The fourth-order valence-electron chi connectivity index (χ4n) is 3.78. The molecule has 0 N–H and O–H groups in total. The van der Waals surface area contributed by atoms with Crippen LogP contribution in [0.3, 0.4) is 0 Å². The number of hydrogen-bond donors (Lipinski definition) is 0. The number of ether oxygens (including phenoxy) is 2. The summed E-state index contributed by atoms with van der Waals surface area (Å²) in [5.74, 6) is 0. The van der Waals surface area contributed by atoms with Crippen LogP contribution in [0, 0.1) is 5.41 Å². The maximum atomic E-state index is 6.46. The smallest absolute Gasteiger partial charge is 0.0809 e. The molecular weight excluding hydrogens is 236 g/mol. The molecule has 3 atom stereocenters. The quantitative estimate of drug-likeness (QED) is 0.722. The number of halogens is 1. The summed E-state index contributed by atoms with van der Waals surface area (Å²) in [4.78, 5) is 0. The molecule has 3 unspecified atom stereocenters. The van der Waals surface area contributed by atoms with Gasteiger partial charge in [0.15, 0.2) is 0 Å². The van der Waals surface area contributed by atoms with E-state index in [2.05, 4.69) is 0 Å². The van der Waals surface area contributed by atoms with Crippen LogP contribution in [0.5, 0.6) is 0 Å². The summed E-state index contributed by atoms with van der Waals surface area (Å²) in [6.45, 7) is 1.71. The second-order valence-electron chi connectivity index (χ2n) is 5.95. The molecule has 2 saturated carbocycles. The van der Waals surface area contributed by atoms with Crippen molar-refractivity contribution in [2.45, 2.75) is 69.0 Å². The van der Waals surface area contributed by atoms with E-state index in [1.807, 2.05) is 0 Å². The fraction of sp³-hybridized carbons (Fsp3) is 1.00. The number of rotatable bonds is 3. The second kappa shape index (κ2) is 5.07. The van der Waals surface area contributed by atoms with Crippen LogP contribution < -0.4 is 0 Å². The molecule has 3 heteroatoms. The van der Waals surface area contributed by atoms with Gasteiger partial charge in [0.25, 0.3) is 0 Å². The lowest BCUT2D eigenvalue weighted by Gasteiger charge is -2.55. The van der Waals surface area contributed by atoms with Crippen molar-refractivity contribution >= 4 is 11.6 Å². The first-order valence-electron chi connectivity index (χ1n) is 7.18. The average Bonchev–Trinajstić information content (AvgIpc) is 2.88. The van der Waals surface area contributed by atoms with Crippen LogP contribution >= 0.6 is 11.6 Å². The van der Waals surface area contributed by atoms with Crippen LogP contribution in [-0.4, -0.2) is 30.8 Å². The lowest BCUT2D eigenvalue weighted by atomic mass is 9.58. The molecule has 0 aromatic rings. The lowest BCUT2D eigenvalue weighted by molar-refractivity contribution is -0.141. The molecule has 0 aromatic heterocycles. The molecule has 1 spiro atoms. The number of alkyl halides is 1. The van der Waals surface area contributed by atoms with Crippen molar-refractivity contribution < 1.29 is 9.47 Å². The predicted molar refractivity (Wildman–Crippen MR) is 68.5 cm³/mol. The van der Waals surface area contributed by atoms with Crippen LogP contribution in [0.4, 0.5) is 0 Å². The van der Waals surface area contributed by atoms with Crippen LogP contribution in [0.2, 0.25) is 0 Å². The monoisotopic (exact) mass is 258 g/mol. The zero-order valence-corrected chi connectivity index (χ0v) is 11.3. The van der Waals surface area contributed by atoms with E-state index < -0.39 is 0 Å². The Kier molecular flexibility index (Phi) is 3.65. The van der Waals surface area contributed by atoms with Gasteiger partial charge in [-0.25, -0.2) is 0 Å². The fourth-order valence-corrected chi connectivity index (χ4v) is 4.30. The van der Waals surface area contributed by atoms with E-state index in [1.165, 1.54) is 44.9 Å². The molecule has 3 fully saturated rings.